The summed E-state index contributed by atoms with van der Waals surface area (Å²) in [6.45, 7) is 5.52. The Balaban J connectivity index is 3.46. The molecule has 0 aliphatic rings. The number of hydrogen-bond acceptors (Lipinski definition) is 4. The van der Waals surface area contributed by atoms with E-state index in [1.165, 1.54) is 6.26 Å². The predicted octanol–water partition coefficient (Wildman–Crippen LogP) is 1.31. The minimum Gasteiger partial charge on any atom is -0.241 e. The van der Waals surface area contributed by atoms with Crippen LogP contribution in [0, 0.1) is 6.92 Å². The molecule has 1 rings (SSSR count). The second kappa shape index (κ2) is 3.65. The van der Waals surface area contributed by atoms with Crippen LogP contribution in [0.5, 0.6) is 0 Å². The molecule has 0 fully saturated rings. The maximum atomic E-state index is 11.4. The SMILES string of the molecule is Cc1ncc(C(C)C)c(S(C)(=O)=O)n1. The average Bonchev–Trinajstić information content (AvgIpc) is 2.01. The molecule has 0 saturated carbocycles. The summed E-state index contributed by atoms with van der Waals surface area (Å²) in [5, 5.41) is 0.153. The van der Waals surface area contributed by atoms with Crippen molar-refractivity contribution in [2.45, 2.75) is 31.7 Å². The lowest BCUT2D eigenvalue weighted by atomic mass is 10.1. The highest BCUT2D eigenvalue weighted by Crippen LogP contribution is 2.20. The van der Waals surface area contributed by atoms with Crippen molar-refractivity contribution in [2.75, 3.05) is 6.26 Å². The average molecular weight is 214 g/mol. The molecular formula is C9H14N2O2S. The van der Waals surface area contributed by atoms with Gasteiger partial charge >= 0.3 is 0 Å². The van der Waals surface area contributed by atoms with Crippen LogP contribution in [0.4, 0.5) is 0 Å². The quantitative estimate of drug-likeness (QED) is 0.696. The number of aromatic nitrogens is 2. The summed E-state index contributed by atoms with van der Waals surface area (Å²) in [4.78, 5) is 7.97. The fraction of sp³-hybridized carbons (Fsp3) is 0.556. The van der Waals surface area contributed by atoms with Crippen LogP contribution in [0.25, 0.3) is 0 Å². The molecule has 78 valence electrons. The summed E-state index contributed by atoms with van der Waals surface area (Å²) in [5.74, 6) is 0.593. The first-order valence-electron chi connectivity index (χ1n) is 4.36. The van der Waals surface area contributed by atoms with E-state index in [-0.39, 0.29) is 10.9 Å². The predicted molar refractivity (Wildman–Crippen MR) is 54.0 cm³/mol. The Hall–Kier alpha value is -0.970. The van der Waals surface area contributed by atoms with Gasteiger partial charge < -0.3 is 0 Å². The first kappa shape index (κ1) is 11.1. The van der Waals surface area contributed by atoms with Gasteiger partial charge in [0.25, 0.3) is 0 Å². The zero-order valence-electron chi connectivity index (χ0n) is 8.77. The molecule has 14 heavy (non-hydrogen) atoms. The molecule has 0 amide bonds. The fourth-order valence-electron chi connectivity index (χ4n) is 1.15. The molecule has 1 heterocycles. The first-order chi connectivity index (χ1) is 6.32. The molecule has 0 N–H and O–H groups in total. The molecule has 0 bridgehead atoms. The number of rotatable bonds is 2. The lowest BCUT2D eigenvalue weighted by Gasteiger charge is -2.09. The Morgan fingerprint density at radius 3 is 2.36 bits per heavy atom. The number of hydrogen-bond donors (Lipinski definition) is 0. The van der Waals surface area contributed by atoms with Crippen molar-refractivity contribution in [1.82, 2.24) is 9.97 Å². The summed E-state index contributed by atoms with van der Waals surface area (Å²) >= 11 is 0. The maximum absolute atomic E-state index is 11.4. The number of aryl methyl sites for hydroxylation is 1. The first-order valence-corrected chi connectivity index (χ1v) is 6.25. The van der Waals surface area contributed by atoms with Gasteiger partial charge in [0.1, 0.15) is 5.82 Å². The summed E-state index contributed by atoms with van der Waals surface area (Å²) in [5.41, 5.74) is 0.679. The van der Waals surface area contributed by atoms with E-state index < -0.39 is 9.84 Å². The smallest absolute Gasteiger partial charge is 0.193 e. The van der Waals surface area contributed by atoms with E-state index in [9.17, 15) is 8.42 Å². The van der Waals surface area contributed by atoms with Crippen molar-refractivity contribution in [3.63, 3.8) is 0 Å². The molecule has 0 aromatic carbocycles. The van der Waals surface area contributed by atoms with E-state index in [1.807, 2.05) is 13.8 Å². The molecule has 0 radical (unpaired) electrons. The van der Waals surface area contributed by atoms with Crippen molar-refractivity contribution in [2.24, 2.45) is 0 Å². The van der Waals surface area contributed by atoms with Gasteiger partial charge in [-0.3, -0.25) is 0 Å². The Labute approximate surface area is 84.3 Å². The van der Waals surface area contributed by atoms with Gasteiger partial charge in [-0.1, -0.05) is 13.8 Å². The van der Waals surface area contributed by atoms with Crippen LogP contribution in [0.2, 0.25) is 0 Å². The summed E-state index contributed by atoms with van der Waals surface area (Å²) in [6.07, 6.45) is 2.75. The van der Waals surface area contributed by atoms with Crippen molar-refractivity contribution in [3.8, 4) is 0 Å². The maximum Gasteiger partial charge on any atom is 0.193 e. The zero-order chi connectivity index (χ0) is 10.9. The van der Waals surface area contributed by atoms with E-state index >= 15 is 0 Å². The molecule has 0 unspecified atom stereocenters. The van der Waals surface area contributed by atoms with E-state index in [0.29, 0.717) is 11.4 Å². The third-order valence-electron chi connectivity index (χ3n) is 1.87. The van der Waals surface area contributed by atoms with Crippen molar-refractivity contribution in [1.29, 1.82) is 0 Å². The van der Waals surface area contributed by atoms with Crippen LogP contribution >= 0.6 is 0 Å². The lowest BCUT2D eigenvalue weighted by Crippen LogP contribution is -2.09. The van der Waals surface area contributed by atoms with Crippen LogP contribution in [-0.4, -0.2) is 24.6 Å². The Morgan fingerprint density at radius 2 is 1.93 bits per heavy atom. The molecule has 0 spiro atoms. The minimum atomic E-state index is -3.25. The van der Waals surface area contributed by atoms with Gasteiger partial charge in [0.2, 0.25) is 0 Å². The van der Waals surface area contributed by atoms with Gasteiger partial charge in [-0.2, -0.15) is 0 Å². The van der Waals surface area contributed by atoms with Gasteiger partial charge in [-0.25, -0.2) is 18.4 Å². The van der Waals surface area contributed by atoms with Gasteiger partial charge in [0, 0.05) is 18.0 Å². The molecule has 0 aliphatic carbocycles. The monoisotopic (exact) mass is 214 g/mol. The summed E-state index contributed by atoms with van der Waals surface area (Å²) in [7, 11) is -3.25. The second-order valence-electron chi connectivity index (χ2n) is 3.60. The second-order valence-corrected chi connectivity index (χ2v) is 5.54. The van der Waals surface area contributed by atoms with Crippen LogP contribution in [-0.2, 0) is 9.84 Å². The Kier molecular flexibility index (Phi) is 2.89. The van der Waals surface area contributed by atoms with Crippen molar-refractivity contribution < 1.29 is 8.42 Å². The number of nitrogens with zero attached hydrogens (tertiary/aromatic N) is 2. The zero-order valence-corrected chi connectivity index (χ0v) is 9.59. The number of sulfone groups is 1. The normalized spacial score (nSPS) is 12.1. The van der Waals surface area contributed by atoms with E-state index in [0.717, 1.165) is 0 Å². The third-order valence-corrected chi connectivity index (χ3v) is 2.90. The molecule has 0 saturated heterocycles. The highest BCUT2D eigenvalue weighted by molar-refractivity contribution is 7.90. The molecule has 1 aromatic rings. The van der Waals surface area contributed by atoms with Crippen LogP contribution in [0.1, 0.15) is 31.2 Å². The van der Waals surface area contributed by atoms with Crippen molar-refractivity contribution in [3.05, 3.63) is 17.6 Å². The Morgan fingerprint density at radius 1 is 1.36 bits per heavy atom. The summed E-state index contributed by atoms with van der Waals surface area (Å²) in [6, 6.07) is 0. The molecular weight excluding hydrogens is 200 g/mol. The topological polar surface area (TPSA) is 59.9 Å². The largest absolute Gasteiger partial charge is 0.241 e. The van der Waals surface area contributed by atoms with Crippen LogP contribution < -0.4 is 0 Å². The van der Waals surface area contributed by atoms with Crippen LogP contribution in [0.3, 0.4) is 0 Å². The van der Waals surface area contributed by atoms with Gasteiger partial charge in [-0.05, 0) is 12.8 Å². The van der Waals surface area contributed by atoms with Crippen LogP contribution in [0.15, 0.2) is 11.2 Å². The van der Waals surface area contributed by atoms with Crippen molar-refractivity contribution >= 4 is 9.84 Å². The molecule has 0 atom stereocenters. The van der Waals surface area contributed by atoms with Gasteiger partial charge in [-0.15, -0.1) is 0 Å². The molecule has 4 nitrogen and oxygen atoms in total. The summed E-state index contributed by atoms with van der Waals surface area (Å²) < 4.78 is 22.8. The fourth-order valence-corrected chi connectivity index (χ4v) is 2.17. The van der Waals surface area contributed by atoms with E-state index in [2.05, 4.69) is 9.97 Å². The van der Waals surface area contributed by atoms with E-state index in [1.54, 1.807) is 13.1 Å². The Bertz CT molecular complexity index is 438. The molecule has 5 heteroatoms. The highest BCUT2D eigenvalue weighted by Gasteiger charge is 2.17. The third kappa shape index (κ3) is 2.29. The standard InChI is InChI=1S/C9H14N2O2S/c1-6(2)8-5-10-7(3)11-9(8)14(4,12)13/h5-6H,1-4H3. The highest BCUT2D eigenvalue weighted by atomic mass is 32.2. The molecule has 0 aliphatic heterocycles. The van der Waals surface area contributed by atoms with E-state index in [4.69, 9.17) is 0 Å². The lowest BCUT2D eigenvalue weighted by molar-refractivity contribution is 0.593. The van der Waals surface area contributed by atoms with Gasteiger partial charge in [0.15, 0.2) is 14.9 Å². The minimum absolute atomic E-state index is 0.111. The van der Waals surface area contributed by atoms with Gasteiger partial charge in [0.05, 0.1) is 0 Å². The molecule has 1 aromatic heterocycles.